The molecule has 3 N–H and O–H groups in total. The Morgan fingerprint density at radius 1 is 1.35 bits per heavy atom. The van der Waals surface area contributed by atoms with E-state index in [9.17, 15) is 5.11 Å². The lowest BCUT2D eigenvalue weighted by molar-refractivity contribution is 0.196. The van der Waals surface area contributed by atoms with Crippen molar-refractivity contribution in [3.63, 3.8) is 0 Å². The zero-order valence-corrected chi connectivity index (χ0v) is 16.0. The summed E-state index contributed by atoms with van der Waals surface area (Å²) in [5.74, 6) is 1.31. The van der Waals surface area contributed by atoms with E-state index in [2.05, 4.69) is 16.3 Å². The molecule has 26 heavy (non-hydrogen) atoms. The van der Waals surface area contributed by atoms with Crippen LogP contribution in [0.5, 0.6) is 5.75 Å². The number of ether oxygens (including phenoxy) is 1. The molecule has 1 aliphatic rings. The van der Waals surface area contributed by atoms with Crippen LogP contribution in [0.1, 0.15) is 36.1 Å². The summed E-state index contributed by atoms with van der Waals surface area (Å²) in [6.07, 6.45) is 5.02. The minimum Gasteiger partial charge on any atom is -0.490 e. The van der Waals surface area contributed by atoms with Crippen molar-refractivity contribution in [1.82, 2.24) is 4.90 Å². The van der Waals surface area contributed by atoms with Gasteiger partial charge in [0.15, 0.2) is 0 Å². The van der Waals surface area contributed by atoms with Gasteiger partial charge in [-0.05, 0) is 62.4 Å². The maximum absolute atomic E-state index is 9.18. The number of aliphatic hydroxyl groups excluding tert-OH is 1. The summed E-state index contributed by atoms with van der Waals surface area (Å²) in [6, 6.07) is 9.92. The number of rotatable bonds is 8. The molecule has 0 saturated heterocycles. The molecule has 1 aliphatic carbocycles. The van der Waals surface area contributed by atoms with Crippen molar-refractivity contribution in [1.29, 1.82) is 5.41 Å². The largest absolute Gasteiger partial charge is 0.490 e. The van der Waals surface area contributed by atoms with E-state index < -0.39 is 0 Å². The van der Waals surface area contributed by atoms with Gasteiger partial charge >= 0.3 is 0 Å². The number of nitrogens with one attached hydrogen (secondary N) is 2. The highest BCUT2D eigenvalue weighted by Gasteiger charge is 2.19. The topological polar surface area (TPSA) is 68.6 Å². The predicted molar refractivity (Wildman–Crippen MR) is 108 cm³/mol. The van der Waals surface area contributed by atoms with Crippen LogP contribution in [0.2, 0.25) is 0 Å². The van der Waals surface area contributed by atoms with Gasteiger partial charge in [-0.15, -0.1) is 11.3 Å². The lowest BCUT2D eigenvalue weighted by atomic mass is 10.1. The van der Waals surface area contributed by atoms with Gasteiger partial charge in [0.05, 0.1) is 17.6 Å². The molecule has 0 amide bonds. The second-order valence-corrected chi connectivity index (χ2v) is 7.73. The first-order valence-corrected chi connectivity index (χ1v) is 10.0. The number of amidine groups is 1. The molecule has 0 bridgehead atoms. The number of likely N-dealkylation sites (N-methyl/N-ethyl adjacent to an activating group) is 1. The first-order valence-electron chi connectivity index (χ1n) is 9.14. The molecule has 0 aliphatic heterocycles. The van der Waals surface area contributed by atoms with Gasteiger partial charge in [-0.25, -0.2) is 0 Å². The third-order valence-electron chi connectivity index (χ3n) is 4.62. The second-order valence-electron chi connectivity index (χ2n) is 6.79. The lowest BCUT2D eigenvalue weighted by Gasteiger charge is -2.21. The Hall–Kier alpha value is -1.89. The second kappa shape index (κ2) is 9.16. The van der Waals surface area contributed by atoms with Crippen LogP contribution in [0, 0.1) is 5.41 Å². The van der Waals surface area contributed by atoms with E-state index >= 15 is 0 Å². The van der Waals surface area contributed by atoms with E-state index in [-0.39, 0.29) is 6.61 Å². The number of benzene rings is 1. The van der Waals surface area contributed by atoms with Crippen molar-refractivity contribution in [3.05, 3.63) is 46.2 Å². The van der Waals surface area contributed by atoms with Gasteiger partial charge in [0.1, 0.15) is 11.6 Å². The van der Waals surface area contributed by atoms with Crippen LogP contribution in [-0.2, 0) is 6.54 Å². The van der Waals surface area contributed by atoms with E-state index in [4.69, 9.17) is 10.1 Å². The zero-order valence-electron chi connectivity index (χ0n) is 15.2. The molecule has 1 saturated carbocycles. The first kappa shape index (κ1) is 18.9. The third-order valence-corrected chi connectivity index (χ3v) is 5.50. The average molecular weight is 374 g/mol. The van der Waals surface area contributed by atoms with Crippen LogP contribution in [0.25, 0.3) is 0 Å². The standard InChI is InChI=1S/C20H27N3O2S/c1-23(10-11-24)14-15-13-16(22-20(21)19-7-4-12-26-19)8-9-18(15)25-17-5-2-3-6-17/h4,7-9,12-13,17,24H,2-3,5-6,10-11,14H2,1H3,(H2,21,22). The van der Waals surface area contributed by atoms with Crippen molar-refractivity contribution < 1.29 is 9.84 Å². The fourth-order valence-electron chi connectivity index (χ4n) is 3.25. The van der Waals surface area contributed by atoms with Crippen LogP contribution < -0.4 is 10.1 Å². The molecule has 1 aromatic carbocycles. The van der Waals surface area contributed by atoms with Gasteiger partial charge in [-0.2, -0.15) is 0 Å². The highest BCUT2D eigenvalue weighted by molar-refractivity contribution is 7.12. The average Bonchev–Trinajstić information content (AvgIpc) is 3.31. The lowest BCUT2D eigenvalue weighted by Crippen LogP contribution is -2.22. The van der Waals surface area contributed by atoms with Crippen molar-refractivity contribution in [2.24, 2.45) is 0 Å². The van der Waals surface area contributed by atoms with Gasteiger partial charge in [-0.1, -0.05) is 6.07 Å². The quantitative estimate of drug-likeness (QED) is 0.484. The molecule has 6 heteroatoms. The van der Waals surface area contributed by atoms with Crippen molar-refractivity contribution >= 4 is 22.9 Å². The summed E-state index contributed by atoms with van der Waals surface area (Å²) in [5.41, 5.74) is 1.96. The maximum Gasteiger partial charge on any atom is 0.140 e. The van der Waals surface area contributed by atoms with Crippen LogP contribution in [-0.4, -0.2) is 42.1 Å². The van der Waals surface area contributed by atoms with E-state index in [0.717, 1.165) is 34.7 Å². The number of thiophene rings is 1. The van der Waals surface area contributed by atoms with E-state index in [1.54, 1.807) is 11.3 Å². The Morgan fingerprint density at radius 2 is 2.15 bits per heavy atom. The monoisotopic (exact) mass is 373 g/mol. The summed E-state index contributed by atoms with van der Waals surface area (Å²) < 4.78 is 6.25. The number of hydrogen-bond donors (Lipinski definition) is 3. The number of nitrogens with zero attached hydrogens (tertiary/aromatic N) is 1. The fraction of sp³-hybridized carbons (Fsp3) is 0.450. The highest BCUT2D eigenvalue weighted by atomic mass is 32.1. The molecule has 5 nitrogen and oxygen atoms in total. The zero-order chi connectivity index (χ0) is 18.4. The molecule has 140 valence electrons. The van der Waals surface area contributed by atoms with Crippen molar-refractivity contribution in [3.8, 4) is 5.75 Å². The summed E-state index contributed by atoms with van der Waals surface area (Å²) >= 11 is 1.55. The normalized spacial score (nSPS) is 14.7. The Bertz CT molecular complexity index is 712. The number of aliphatic hydroxyl groups is 1. The maximum atomic E-state index is 9.18. The minimum absolute atomic E-state index is 0.135. The molecule has 0 radical (unpaired) electrons. The van der Waals surface area contributed by atoms with Crippen molar-refractivity contribution in [2.45, 2.75) is 38.3 Å². The van der Waals surface area contributed by atoms with Gasteiger partial charge in [0.25, 0.3) is 0 Å². The molecular weight excluding hydrogens is 346 g/mol. The first-order chi connectivity index (χ1) is 12.7. The predicted octanol–water partition coefficient (Wildman–Crippen LogP) is 3.93. The highest BCUT2D eigenvalue weighted by Crippen LogP contribution is 2.29. The fourth-order valence-corrected chi connectivity index (χ4v) is 3.88. The molecule has 1 aromatic heterocycles. The summed E-state index contributed by atoms with van der Waals surface area (Å²) in [5, 5.41) is 22.6. The van der Waals surface area contributed by atoms with Crippen LogP contribution in [0.3, 0.4) is 0 Å². The summed E-state index contributed by atoms with van der Waals surface area (Å²) in [4.78, 5) is 2.99. The Balaban J connectivity index is 1.76. The van der Waals surface area contributed by atoms with Crippen molar-refractivity contribution in [2.75, 3.05) is 25.5 Å². The molecule has 0 spiro atoms. The van der Waals surface area contributed by atoms with Crippen LogP contribution >= 0.6 is 11.3 Å². The SMILES string of the molecule is CN(CCO)Cc1cc(NC(=N)c2cccs2)ccc1OC1CCCC1. The molecule has 1 fully saturated rings. The minimum atomic E-state index is 0.135. The Labute approximate surface area is 159 Å². The Kier molecular flexibility index (Phi) is 6.66. The van der Waals surface area contributed by atoms with Gasteiger partial charge in [0, 0.05) is 24.3 Å². The molecule has 0 unspecified atom stereocenters. The number of hydrogen-bond acceptors (Lipinski definition) is 5. The molecule has 2 aromatic rings. The van der Waals surface area contributed by atoms with Gasteiger partial charge in [0.2, 0.25) is 0 Å². The van der Waals surface area contributed by atoms with E-state index in [1.165, 1.54) is 12.8 Å². The number of anilines is 1. The Morgan fingerprint density at radius 3 is 2.85 bits per heavy atom. The molecule has 1 heterocycles. The van der Waals surface area contributed by atoms with E-state index in [1.807, 2.05) is 36.7 Å². The van der Waals surface area contributed by atoms with E-state index in [0.29, 0.717) is 25.0 Å². The molecular formula is C20H27N3O2S. The van der Waals surface area contributed by atoms with Gasteiger partial charge < -0.3 is 15.2 Å². The molecule has 0 atom stereocenters. The molecule has 3 rings (SSSR count). The van der Waals surface area contributed by atoms with Crippen LogP contribution in [0.15, 0.2) is 35.7 Å². The smallest absolute Gasteiger partial charge is 0.140 e. The van der Waals surface area contributed by atoms with Gasteiger partial charge in [-0.3, -0.25) is 10.3 Å². The summed E-state index contributed by atoms with van der Waals surface area (Å²) in [6.45, 7) is 1.45. The third kappa shape index (κ3) is 5.06. The summed E-state index contributed by atoms with van der Waals surface area (Å²) in [7, 11) is 1.99. The van der Waals surface area contributed by atoms with Crippen LogP contribution in [0.4, 0.5) is 5.69 Å².